The van der Waals surface area contributed by atoms with Gasteiger partial charge in [0.1, 0.15) is 0 Å². The Bertz CT molecular complexity index is 3350. The molecular weight excluding hydrogens is 735 g/mol. The number of hydrogen-bond donors (Lipinski definition) is 0. The monoisotopic (exact) mass is 783 g/mol. The van der Waals surface area contributed by atoms with Gasteiger partial charge in [0.2, 0.25) is 0 Å². The Hall–Kier alpha value is -6.70. The van der Waals surface area contributed by atoms with Crippen LogP contribution in [0.4, 0.5) is 11.4 Å². The molecule has 0 bridgehead atoms. The van der Waals surface area contributed by atoms with Crippen LogP contribution in [0, 0.1) is 0 Å². The summed E-state index contributed by atoms with van der Waals surface area (Å²) < 4.78 is 0. The van der Waals surface area contributed by atoms with Crippen molar-refractivity contribution in [2.24, 2.45) is 0 Å². The smallest absolute Gasteiger partial charge is 0.0455 e. The van der Waals surface area contributed by atoms with Gasteiger partial charge in [-0.15, -0.1) is 0 Å². The lowest BCUT2D eigenvalue weighted by Gasteiger charge is -2.40. The van der Waals surface area contributed by atoms with Crippen LogP contribution < -0.4 is 4.90 Å². The fourth-order valence-corrected chi connectivity index (χ4v) is 11.9. The lowest BCUT2D eigenvalue weighted by Crippen LogP contribution is -2.30. The Balaban J connectivity index is 1.15. The highest BCUT2D eigenvalue weighted by atomic mass is 15.1. The lowest BCUT2D eigenvalue weighted by molar-refractivity contribution is 0.629. The zero-order valence-corrected chi connectivity index (χ0v) is 36.1. The van der Waals surface area contributed by atoms with Gasteiger partial charge >= 0.3 is 0 Å². The zero-order chi connectivity index (χ0) is 41.6. The van der Waals surface area contributed by atoms with E-state index in [-0.39, 0.29) is 16.2 Å². The molecule has 0 aromatic heterocycles. The van der Waals surface area contributed by atoms with Gasteiger partial charge in [-0.2, -0.15) is 0 Å². The van der Waals surface area contributed by atoms with Crippen molar-refractivity contribution in [1.29, 1.82) is 0 Å². The highest BCUT2D eigenvalue weighted by molar-refractivity contribution is 6.23. The normalized spacial score (nSPS) is 15.8. The molecule has 1 aliphatic heterocycles. The number of fused-ring (bicyclic) bond motifs is 10. The van der Waals surface area contributed by atoms with Crippen molar-refractivity contribution in [2.75, 3.05) is 11.9 Å². The van der Waals surface area contributed by atoms with Crippen molar-refractivity contribution in [3.05, 3.63) is 203 Å². The predicted octanol–water partition coefficient (Wildman–Crippen LogP) is 16.0. The lowest BCUT2D eigenvalue weighted by atomic mass is 9.73. The number of anilines is 2. The Kier molecular flexibility index (Phi) is 7.37. The van der Waals surface area contributed by atoms with E-state index in [2.05, 4.69) is 223 Å². The van der Waals surface area contributed by atoms with Gasteiger partial charge in [-0.3, -0.25) is 0 Å². The molecule has 1 nitrogen and oxygen atoms in total. The first-order valence-electron chi connectivity index (χ1n) is 21.9. The quantitative estimate of drug-likeness (QED) is 0.161. The molecule has 0 spiro atoms. The summed E-state index contributed by atoms with van der Waals surface area (Å²) in [5.74, 6) is 0. The second-order valence-electron chi connectivity index (χ2n) is 19.3. The molecule has 9 aromatic carbocycles. The van der Waals surface area contributed by atoms with E-state index in [1.54, 1.807) is 0 Å². The molecule has 0 atom stereocenters. The number of hydrogen-bond acceptors (Lipinski definition) is 1. The van der Waals surface area contributed by atoms with Crippen LogP contribution >= 0.6 is 0 Å². The van der Waals surface area contributed by atoms with Gasteiger partial charge in [0.05, 0.1) is 0 Å². The first kappa shape index (κ1) is 36.2. The minimum absolute atomic E-state index is 0.0766. The number of para-hydroxylation sites is 1. The largest absolute Gasteiger partial charge is 0.344 e. The highest BCUT2D eigenvalue weighted by Crippen LogP contribution is 2.56. The van der Waals surface area contributed by atoms with Crippen LogP contribution in [0.1, 0.15) is 74.9 Å². The molecule has 0 amide bonds. The number of benzene rings is 9. The molecule has 0 fully saturated rings. The maximum atomic E-state index is 2.51. The molecule has 1 heterocycles. The molecule has 3 aliphatic rings. The predicted molar refractivity (Wildman–Crippen MR) is 260 cm³/mol. The van der Waals surface area contributed by atoms with E-state index in [1.807, 2.05) is 0 Å². The molecule has 294 valence electrons. The average molecular weight is 784 g/mol. The third-order valence-electron chi connectivity index (χ3n) is 15.1. The summed E-state index contributed by atoms with van der Waals surface area (Å²) in [6, 6.07) is 64.8. The number of nitrogens with zero attached hydrogens (tertiary/aromatic N) is 1. The van der Waals surface area contributed by atoms with Crippen molar-refractivity contribution < 1.29 is 0 Å². The topological polar surface area (TPSA) is 3.24 Å². The SMILES string of the molecule is CN1c2ccccc2C(C)(C)c2ccc(-c3c4ccccc4c(-c4cccc5c4-c4ccccc4C5(C)C)c4cc(-c5ccc6c(c5)C(C)(C)c5ccccc5-6)ccc34)cc21. The maximum Gasteiger partial charge on any atom is 0.0455 e. The van der Waals surface area contributed by atoms with Crippen molar-refractivity contribution in [1.82, 2.24) is 0 Å². The molecule has 1 heteroatoms. The summed E-state index contributed by atoms with van der Waals surface area (Å²) in [5, 5.41) is 5.10. The van der Waals surface area contributed by atoms with Crippen LogP contribution in [0.3, 0.4) is 0 Å². The third kappa shape index (κ3) is 4.84. The van der Waals surface area contributed by atoms with Gasteiger partial charge in [0.15, 0.2) is 0 Å². The first-order chi connectivity index (χ1) is 29.5. The van der Waals surface area contributed by atoms with Crippen molar-refractivity contribution in [3.8, 4) is 55.6 Å². The van der Waals surface area contributed by atoms with E-state index in [0.29, 0.717) is 0 Å². The first-order valence-corrected chi connectivity index (χ1v) is 21.9. The summed E-state index contributed by atoms with van der Waals surface area (Å²) in [6.45, 7) is 14.3. The van der Waals surface area contributed by atoms with Gasteiger partial charge in [-0.05, 0) is 135 Å². The summed E-state index contributed by atoms with van der Waals surface area (Å²) >= 11 is 0. The van der Waals surface area contributed by atoms with Gasteiger partial charge in [0, 0.05) is 34.7 Å². The minimum Gasteiger partial charge on any atom is -0.344 e. The van der Waals surface area contributed by atoms with E-state index < -0.39 is 0 Å². The Labute approximate surface area is 360 Å². The summed E-state index contributed by atoms with van der Waals surface area (Å²) in [4.78, 5) is 2.40. The van der Waals surface area contributed by atoms with E-state index in [1.165, 1.54) is 122 Å². The van der Waals surface area contributed by atoms with Gasteiger partial charge < -0.3 is 4.90 Å². The fraction of sp³-hybridized carbons (Fsp3) is 0.167. The third-order valence-corrected chi connectivity index (χ3v) is 15.1. The molecule has 9 aromatic rings. The fourth-order valence-electron chi connectivity index (χ4n) is 11.9. The molecule has 0 saturated heterocycles. The van der Waals surface area contributed by atoms with Crippen LogP contribution in [-0.2, 0) is 16.2 Å². The van der Waals surface area contributed by atoms with Gasteiger partial charge in [-0.25, -0.2) is 0 Å². The van der Waals surface area contributed by atoms with Crippen LogP contribution in [0.15, 0.2) is 170 Å². The van der Waals surface area contributed by atoms with Gasteiger partial charge in [-0.1, -0.05) is 187 Å². The zero-order valence-electron chi connectivity index (χ0n) is 36.1. The molecule has 2 aliphatic carbocycles. The molecule has 0 radical (unpaired) electrons. The highest BCUT2D eigenvalue weighted by Gasteiger charge is 2.39. The molecule has 0 saturated carbocycles. The van der Waals surface area contributed by atoms with Crippen molar-refractivity contribution in [3.63, 3.8) is 0 Å². The van der Waals surface area contributed by atoms with Crippen molar-refractivity contribution in [2.45, 2.75) is 57.8 Å². The Morgan fingerprint density at radius 2 is 0.803 bits per heavy atom. The maximum absolute atomic E-state index is 2.51. The van der Waals surface area contributed by atoms with Crippen molar-refractivity contribution >= 4 is 32.9 Å². The molecule has 0 N–H and O–H groups in total. The molecule has 12 rings (SSSR count). The van der Waals surface area contributed by atoms with Crippen LogP contribution in [0.2, 0.25) is 0 Å². The Morgan fingerprint density at radius 1 is 0.295 bits per heavy atom. The summed E-state index contributed by atoms with van der Waals surface area (Å²) in [7, 11) is 2.23. The van der Waals surface area contributed by atoms with Crippen LogP contribution in [-0.4, -0.2) is 7.05 Å². The average Bonchev–Trinajstić information content (AvgIpc) is 3.66. The Morgan fingerprint density at radius 3 is 1.59 bits per heavy atom. The van der Waals surface area contributed by atoms with E-state index in [0.717, 1.165) is 0 Å². The molecule has 61 heavy (non-hydrogen) atoms. The van der Waals surface area contributed by atoms with E-state index in [4.69, 9.17) is 0 Å². The minimum atomic E-state index is -0.122. The van der Waals surface area contributed by atoms with E-state index >= 15 is 0 Å². The summed E-state index contributed by atoms with van der Waals surface area (Å²) in [5.41, 5.74) is 23.6. The summed E-state index contributed by atoms with van der Waals surface area (Å²) in [6.07, 6.45) is 0. The second kappa shape index (κ2) is 12.4. The van der Waals surface area contributed by atoms with Crippen LogP contribution in [0.5, 0.6) is 0 Å². The van der Waals surface area contributed by atoms with Crippen LogP contribution in [0.25, 0.3) is 77.2 Å². The van der Waals surface area contributed by atoms with E-state index in [9.17, 15) is 0 Å². The standard InChI is InChI=1S/C60H49N/c1-58(2)48-23-13-11-20-44(48)57-45(21-16-25-51(57)58)56-42-19-9-8-18-41(42)55(38-29-32-50-54(35-38)61(7)53-26-15-14-24-49(53)60(50,5)6)43-31-28-36(33-46(43)56)37-27-30-40-39-17-10-12-22-47(39)59(3,4)52(40)34-37/h8-35H,1-7H3. The molecule has 0 unspecified atom stereocenters. The van der Waals surface area contributed by atoms with Gasteiger partial charge in [0.25, 0.3) is 0 Å². The second-order valence-corrected chi connectivity index (χ2v) is 19.3. The molecular formula is C60H49N. The number of rotatable bonds is 3.